The molecule has 128 valence electrons. The molecule has 4 aromatic rings. The molecule has 4 heteroatoms. The minimum Gasteiger partial charge on any atom is -0.244 e. The van der Waals surface area contributed by atoms with Crippen LogP contribution in [0.2, 0.25) is 0 Å². The van der Waals surface area contributed by atoms with Gasteiger partial charge in [-0.3, -0.25) is 0 Å². The van der Waals surface area contributed by atoms with Crippen LogP contribution < -0.4 is 21.5 Å². The van der Waals surface area contributed by atoms with Gasteiger partial charge in [0, 0.05) is 0 Å². The molecule has 1 heterocycles. The molecular formula is C22H20N2P2. The molecule has 26 heavy (non-hydrogen) atoms. The van der Waals surface area contributed by atoms with Gasteiger partial charge in [-0.1, -0.05) is 72.8 Å². The molecule has 0 amide bonds. The third kappa shape index (κ3) is 3.40. The number of hydrogen-bond donors (Lipinski definition) is 0. The highest BCUT2D eigenvalue weighted by Crippen LogP contribution is 2.34. The van der Waals surface area contributed by atoms with Crippen molar-refractivity contribution in [2.24, 2.45) is 0 Å². The smallest absolute Gasteiger partial charge is 0.0942 e. The predicted molar refractivity (Wildman–Crippen MR) is 117 cm³/mol. The number of fused-ring (bicyclic) bond motifs is 1. The molecule has 0 aliphatic rings. The summed E-state index contributed by atoms with van der Waals surface area (Å²) < 4.78 is 0. The molecule has 0 aliphatic heterocycles. The topological polar surface area (TPSA) is 25.8 Å². The molecule has 3 aromatic carbocycles. The van der Waals surface area contributed by atoms with E-state index < -0.39 is 15.8 Å². The lowest BCUT2D eigenvalue weighted by Crippen LogP contribution is -2.33. The lowest BCUT2D eigenvalue weighted by atomic mass is 10.3. The van der Waals surface area contributed by atoms with E-state index in [1.165, 1.54) is 10.6 Å². The van der Waals surface area contributed by atoms with Crippen LogP contribution >= 0.6 is 15.8 Å². The number of nitrogens with zero attached hydrogens (tertiary/aromatic N) is 2. The van der Waals surface area contributed by atoms with E-state index >= 15 is 0 Å². The van der Waals surface area contributed by atoms with Gasteiger partial charge in [0.1, 0.15) is 0 Å². The summed E-state index contributed by atoms with van der Waals surface area (Å²) >= 11 is 0. The molecule has 2 unspecified atom stereocenters. The number of benzene rings is 3. The molecule has 2 atom stereocenters. The Labute approximate surface area is 156 Å². The van der Waals surface area contributed by atoms with Gasteiger partial charge in [0.25, 0.3) is 0 Å². The van der Waals surface area contributed by atoms with Crippen molar-refractivity contribution >= 4 is 48.4 Å². The van der Waals surface area contributed by atoms with E-state index in [-0.39, 0.29) is 0 Å². The Kier molecular flexibility index (Phi) is 5.07. The number of hydrogen-bond acceptors (Lipinski definition) is 2. The van der Waals surface area contributed by atoms with Crippen LogP contribution in [0.5, 0.6) is 0 Å². The molecule has 2 nitrogen and oxygen atoms in total. The van der Waals surface area contributed by atoms with Crippen molar-refractivity contribution in [3.05, 3.63) is 84.9 Å². The van der Waals surface area contributed by atoms with Gasteiger partial charge in [-0.15, -0.1) is 0 Å². The Balaban J connectivity index is 1.89. The monoisotopic (exact) mass is 374 g/mol. The van der Waals surface area contributed by atoms with Gasteiger partial charge in [0.2, 0.25) is 0 Å². The Morgan fingerprint density at radius 2 is 0.846 bits per heavy atom. The Hall–Kier alpha value is -2.14. The highest BCUT2D eigenvalue weighted by molar-refractivity contribution is 7.78. The minimum atomic E-state index is -0.545. The predicted octanol–water partition coefficient (Wildman–Crippen LogP) is 3.75. The van der Waals surface area contributed by atoms with Gasteiger partial charge in [-0.2, -0.15) is 0 Å². The molecule has 0 spiro atoms. The summed E-state index contributed by atoms with van der Waals surface area (Å²) in [5.74, 6) is 0. The zero-order valence-corrected chi connectivity index (χ0v) is 16.7. The first-order chi connectivity index (χ1) is 12.7. The van der Waals surface area contributed by atoms with Crippen LogP contribution in [0.15, 0.2) is 84.9 Å². The number of aromatic nitrogens is 2. The van der Waals surface area contributed by atoms with Gasteiger partial charge in [0.15, 0.2) is 0 Å². The second-order valence-electron chi connectivity index (χ2n) is 6.15. The molecular weight excluding hydrogens is 354 g/mol. The standard InChI is InChI=1S/C22H20N2P2/c1-25(17-11-5-3-6-12-17)21-22(26(2)18-13-7-4-8-14-18)24-20-16-10-9-15-19(20)23-21/h3-16H,1-2H3. The first-order valence-electron chi connectivity index (χ1n) is 8.58. The summed E-state index contributed by atoms with van der Waals surface area (Å²) in [6.07, 6.45) is 0. The van der Waals surface area contributed by atoms with Crippen LogP contribution in [0.1, 0.15) is 0 Å². The van der Waals surface area contributed by atoms with Crippen molar-refractivity contribution in [2.45, 2.75) is 0 Å². The summed E-state index contributed by atoms with van der Waals surface area (Å²) in [5, 5.41) is 2.68. The van der Waals surface area contributed by atoms with Crippen LogP contribution in [-0.4, -0.2) is 23.3 Å². The number of para-hydroxylation sites is 2. The highest BCUT2D eigenvalue weighted by Gasteiger charge is 2.21. The maximum absolute atomic E-state index is 5.08. The van der Waals surface area contributed by atoms with Crippen LogP contribution in [0, 0.1) is 0 Å². The van der Waals surface area contributed by atoms with E-state index in [4.69, 9.17) is 9.97 Å². The maximum atomic E-state index is 5.08. The lowest BCUT2D eigenvalue weighted by Gasteiger charge is -2.20. The minimum absolute atomic E-state index is 0.545. The van der Waals surface area contributed by atoms with Crippen molar-refractivity contribution in [2.75, 3.05) is 13.3 Å². The SMILES string of the molecule is CP(c1ccccc1)c1nc2ccccc2nc1P(C)c1ccccc1. The third-order valence-electron chi connectivity index (χ3n) is 4.46. The van der Waals surface area contributed by atoms with E-state index in [2.05, 4.69) is 86.1 Å². The van der Waals surface area contributed by atoms with Crippen LogP contribution in [0.4, 0.5) is 0 Å². The Morgan fingerprint density at radius 3 is 1.23 bits per heavy atom. The molecule has 0 saturated heterocycles. The molecule has 0 aliphatic carbocycles. The van der Waals surface area contributed by atoms with Crippen molar-refractivity contribution in [1.82, 2.24) is 9.97 Å². The Bertz CT molecular complexity index is 936. The van der Waals surface area contributed by atoms with Crippen molar-refractivity contribution in [1.29, 1.82) is 0 Å². The van der Waals surface area contributed by atoms with Gasteiger partial charge in [-0.25, -0.2) is 9.97 Å². The van der Waals surface area contributed by atoms with Gasteiger partial charge in [-0.05, 0) is 51.9 Å². The van der Waals surface area contributed by atoms with Crippen molar-refractivity contribution in [3.63, 3.8) is 0 Å². The normalized spacial score (nSPS) is 13.5. The molecule has 1 aromatic heterocycles. The first-order valence-corrected chi connectivity index (χ1v) is 12.2. The van der Waals surface area contributed by atoms with E-state index in [9.17, 15) is 0 Å². The highest BCUT2D eigenvalue weighted by atomic mass is 31.1. The van der Waals surface area contributed by atoms with E-state index in [1.54, 1.807) is 0 Å². The molecule has 0 saturated carbocycles. The summed E-state index contributed by atoms with van der Waals surface area (Å²) in [5.41, 5.74) is 4.27. The van der Waals surface area contributed by atoms with Gasteiger partial charge < -0.3 is 0 Å². The fraction of sp³-hybridized carbons (Fsp3) is 0.0909. The average molecular weight is 374 g/mol. The molecule has 0 fully saturated rings. The number of rotatable bonds is 4. The molecule has 4 rings (SSSR count). The van der Waals surface area contributed by atoms with E-state index in [0.29, 0.717) is 0 Å². The van der Waals surface area contributed by atoms with Gasteiger partial charge >= 0.3 is 0 Å². The molecule has 0 bridgehead atoms. The summed E-state index contributed by atoms with van der Waals surface area (Å²) in [4.78, 5) is 10.2. The zero-order chi connectivity index (χ0) is 17.9. The zero-order valence-electron chi connectivity index (χ0n) is 14.9. The molecule has 0 N–H and O–H groups in total. The van der Waals surface area contributed by atoms with Crippen molar-refractivity contribution < 1.29 is 0 Å². The fourth-order valence-corrected chi connectivity index (χ4v) is 6.82. The summed E-state index contributed by atoms with van der Waals surface area (Å²) in [7, 11) is -1.09. The lowest BCUT2D eigenvalue weighted by molar-refractivity contribution is 1.39. The fourth-order valence-electron chi connectivity index (χ4n) is 2.98. The maximum Gasteiger partial charge on any atom is 0.0942 e. The quantitative estimate of drug-likeness (QED) is 0.509. The third-order valence-corrected chi connectivity index (χ3v) is 8.67. The van der Waals surface area contributed by atoms with Crippen molar-refractivity contribution in [3.8, 4) is 0 Å². The summed E-state index contributed by atoms with van der Waals surface area (Å²) in [6.45, 7) is 4.59. The van der Waals surface area contributed by atoms with Crippen LogP contribution in [0.25, 0.3) is 11.0 Å². The van der Waals surface area contributed by atoms with E-state index in [1.807, 2.05) is 12.1 Å². The first kappa shape index (κ1) is 17.3. The largest absolute Gasteiger partial charge is 0.244 e. The van der Waals surface area contributed by atoms with Crippen LogP contribution in [0.3, 0.4) is 0 Å². The van der Waals surface area contributed by atoms with Crippen LogP contribution in [-0.2, 0) is 0 Å². The van der Waals surface area contributed by atoms with Gasteiger partial charge in [0.05, 0.1) is 21.9 Å². The summed E-state index contributed by atoms with van der Waals surface area (Å²) in [6, 6.07) is 29.5. The Morgan fingerprint density at radius 1 is 0.500 bits per heavy atom. The second-order valence-corrected chi connectivity index (χ2v) is 10.3. The van der Waals surface area contributed by atoms with E-state index in [0.717, 1.165) is 21.9 Å². The average Bonchev–Trinajstić information content (AvgIpc) is 2.73. The second kappa shape index (κ2) is 7.62. The molecule has 0 radical (unpaired) electrons.